The Morgan fingerprint density at radius 2 is 1.45 bits per heavy atom. The Bertz CT molecular complexity index is 1380. The summed E-state index contributed by atoms with van der Waals surface area (Å²) < 4.78 is 0. The van der Waals surface area contributed by atoms with Crippen molar-refractivity contribution in [2.45, 2.75) is 32.1 Å². The van der Waals surface area contributed by atoms with Gasteiger partial charge in [0.25, 0.3) is 0 Å². The quantitative estimate of drug-likeness (QED) is 0.303. The fourth-order valence-corrected chi connectivity index (χ4v) is 5.02. The summed E-state index contributed by atoms with van der Waals surface area (Å²) in [5.41, 5.74) is 5.34. The fraction of sp³-hybridized carbons (Fsp3) is 0.179. The lowest BCUT2D eigenvalue weighted by atomic mass is 9.92. The largest absolute Gasteiger partial charge is 0.257 e. The van der Waals surface area contributed by atoms with Gasteiger partial charge in [-0.05, 0) is 75.2 Å². The fourth-order valence-electron chi connectivity index (χ4n) is 5.02. The lowest BCUT2D eigenvalue weighted by molar-refractivity contribution is 0.664. The van der Waals surface area contributed by atoms with Gasteiger partial charge in [0.1, 0.15) is 0 Å². The van der Waals surface area contributed by atoms with Gasteiger partial charge in [0.05, 0.1) is 0 Å². The van der Waals surface area contributed by atoms with Crippen LogP contribution >= 0.6 is 0 Å². The summed E-state index contributed by atoms with van der Waals surface area (Å²) in [7, 11) is 0. The first-order chi connectivity index (χ1) is 14.4. The van der Waals surface area contributed by atoms with Crippen LogP contribution in [0, 0.1) is 0 Å². The van der Waals surface area contributed by atoms with Crippen LogP contribution in [0.1, 0.15) is 35.4 Å². The average Bonchev–Trinajstić information content (AvgIpc) is 2.78. The highest BCUT2D eigenvalue weighted by atomic mass is 14.7. The van der Waals surface area contributed by atoms with Gasteiger partial charge in [0.15, 0.2) is 0 Å². The van der Waals surface area contributed by atoms with Gasteiger partial charge < -0.3 is 0 Å². The summed E-state index contributed by atoms with van der Waals surface area (Å²) in [4.78, 5) is 5.05. The number of pyridine rings is 1. The second kappa shape index (κ2) is 6.70. The van der Waals surface area contributed by atoms with Crippen molar-refractivity contribution in [2.24, 2.45) is 0 Å². The zero-order valence-electron chi connectivity index (χ0n) is 16.5. The van der Waals surface area contributed by atoms with E-state index in [1.807, 2.05) is 0 Å². The van der Waals surface area contributed by atoms with Crippen molar-refractivity contribution >= 4 is 32.3 Å². The molecule has 1 nitrogen and oxygen atoms in total. The molecule has 0 unspecified atom stereocenters. The molecule has 0 amide bonds. The molecule has 1 aromatic heterocycles. The number of benzene rings is 4. The van der Waals surface area contributed by atoms with E-state index in [1.165, 1.54) is 74.1 Å². The van der Waals surface area contributed by atoms with Gasteiger partial charge in [-0.3, -0.25) is 4.98 Å². The molecule has 1 heterocycles. The highest BCUT2D eigenvalue weighted by Gasteiger charge is 2.13. The van der Waals surface area contributed by atoms with Crippen molar-refractivity contribution in [3.8, 4) is 0 Å². The van der Waals surface area contributed by atoms with E-state index in [4.69, 9.17) is 4.98 Å². The molecule has 140 valence electrons. The van der Waals surface area contributed by atoms with Crippen molar-refractivity contribution in [2.75, 3.05) is 0 Å². The number of hydrogen-bond donors (Lipinski definition) is 0. The van der Waals surface area contributed by atoms with Crippen LogP contribution in [0.3, 0.4) is 0 Å². The smallest absolute Gasteiger partial charge is 0.0451 e. The lowest BCUT2D eigenvalue weighted by Gasteiger charge is -2.16. The molecule has 0 saturated heterocycles. The van der Waals surface area contributed by atoms with Gasteiger partial charge in [0.2, 0.25) is 0 Å². The highest BCUT2D eigenvalue weighted by molar-refractivity contribution is 6.18. The standard InChI is InChI=1S/C28H23N/c1-3-10-24-19(6-1)13-17-26-25(24)16-14-21-8-5-9-22(28(21)26)18-23-15-12-20-7-2-4-11-27(20)29-23/h1,3,5-6,8-10,12-17H,2,4,7,11,18H2. The van der Waals surface area contributed by atoms with Gasteiger partial charge in [0, 0.05) is 17.8 Å². The third-order valence-corrected chi connectivity index (χ3v) is 6.46. The molecular formula is C28H23N. The Morgan fingerprint density at radius 1 is 0.621 bits per heavy atom. The minimum Gasteiger partial charge on any atom is -0.257 e. The second-order valence-electron chi connectivity index (χ2n) is 8.25. The molecule has 0 spiro atoms. The summed E-state index contributed by atoms with van der Waals surface area (Å²) >= 11 is 0. The average molecular weight is 373 g/mol. The number of rotatable bonds is 2. The first-order valence-corrected chi connectivity index (χ1v) is 10.7. The summed E-state index contributed by atoms with van der Waals surface area (Å²) in [5.74, 6) is 0. The molecule has 0 bridgehead atoms. The molecule has 0 aliphatic heterocycles. The van der Waals surface area contributed by atoms with E-state index >= 15 is 0 Å². The molecule has 29 heavy (non-hydrogen) atoms. The summed E-state index contributed by atoms with van der Waals surface area (Å²) in [6.45, 7) is 0. The van der Waals surface area contributed by atoms with E-state index in [0.29, 0.717) is 0 Å². The summed E-state index contributed by atoms with van der Waals surface area (Å²) in [6, 6.07) is 29.0. The molecule has 0 radical (unpaired) electrons. The maximum atomic E-state index is 5.05. The monoisotopic (exact) mass is 373 g/mol. The molecule has 0 N–H and O–H groups in total. The van der Waals surface area contributed by atoms with Crippen LogP contribution in [0.5, 0.6) is 0 Å². The molecule has 1 aliphatic carbocycles. The van der Waals surface area contributed by atoms with Gasteiger partial charge in [-0.2, -0.15) is 0 Å². The van der Waals surface area contributed by atoms with Crippen molar-refractivity contribution in [3.05, 3.63) is 101 Å². The first kappa shape index (κ1) is 16.7. The van der Waals surface area contributed by atoms with Gasteiger partial charge in [-0.15, -0.1) is 0 Å². The molecular weight excluding hydrogens is 350 g/mol. The maximum absolute atomic E-state index is 5.05. The van der Waals surface area contributed by atoms with E-state index in [-0.39, 0.29) is 0 Å². The Morgan fingerprint density at radius 3 is 2.45 bits per heavy atom. The van der Waals surface area contributed by atoms with E-state index in [2.05, 4.69) is 78.9 Å². The van der Waals surface area contributed by atoms with Crippen molar-refractivity contribution in [1.29, 1.82) is 0 Å². The lowest BCUT2D eigenvalue weighted by Crippen LogP contribution is -2.07. The van der Waals surface area contributed by atoms with Crippen molar-refractivity contribution in [1.82, 2.24) is 4.98 Å². The molecule has 0 fully saturated rings. The maximum Gasteiger partial charge on any atom is 0.0451 e. The van der Waals surface area contributed by atoms with E-state index < -0.39 is 0 Å². The van der Waals surface area contributed by atoms with Crippen LogP contribution in [0.4, 0.5) is 0 Å². The number of nitrogens with zero attached hydrogens (tertiary/aromatic N) is 1. The minimum absolute atomic E-state index is 0.885. The number of fused-ring (bicyclic) bond motifs is 6. The van der Waals surface area contributed by atoms with Gasteiger partial charge >= 0.3 is 0 Å². The molecule has 4 aromatic carbocycles. The van der Waals surface area contributed by atoms with Crippen LogP contribution < -0.4 is 0 Å². The number of aromatic nitrogens is 1. The minimum atomic E-state index is 0.885. The Kier molecular flexibility index (Phi) is 3.87. The predicted octanol–water partition coefficient (Wildman–Crippen LogP) is 7.01. The van der Waals surface area contributed by atoms with Crippen LogP contribution in [0.25, 0.3) is 32.3 Å². The van der Waals surface area contributed by atoms with E-state index in [0.717, 1.165) is 12.8 Å². The predicted molar refractivity (Wildman–Crippen MR) is 123 cm³/mol. The summed E-state index contributed by atoms with van der Waals surface area (Å²) in [5, 5.41) is 7.98. The van der Waals surface area contributed by atoms with Crippen molar-refractivity contribution < 1.29 is 0 Å². The van der Waals surface area contributed by atoms with E-state index in [1.54, 1.807) is 0 Å². The SMILES string of the molecule is c1ccc2c(c1)ccc1c2ccc2cccc(Cc3ccc4c(n3)CCCC4)c21. The Balaban J connectivity index is 1.55. The van der Waals surface area contributed by atoms with Gasteiger partial charge in [-0.25, -0.2) is 0 Å². The molecule has 0 saturated carbocycles. The van der Waals surface area contributed by atoms with Crippen LogP contribution in [-0.4, -0.2) is 4.98 Å². The van der Waals surface area contributed by atoms with Crippen LogP contribution in [0.2, 0.25) is 0 Å². The summed E-state index contributed by atoms with van der Waals surface area (Å²) in [6.07, 6.45) is 5.78. The molecule has 0 atom stereocenters. The Hall–Kier alpha value is -3.19. The Labute approximate surface area is 171 Å². The third kappa shape index (κ3) is 2.81. The second-order valence-corrected chi connectivity index (χ2v) is 8.25. The molecule has 1 heteroatoms. The highest BCUT2D eigenvalue weighted by Crippen LogP contribution is 2.34. The third-order valence-electron chi connectivity index (χ3n) is 6.46. The number of hydrogen-bond acceptors (Lipinski definition) is 1. The first-order valence-electron chi connectivity index (χ1n) is 10.7. The van der Waals surface area contributed by atoms with Crippen molar-refractivity contribution in [3.63, 3.8) is 0 Å². The molecule has 6 rings (SSSR count). The van der Waals surface area contributed by atoms with E-state index in [9.17, 15) is 0 Å². The number of aryl methyl sites for hydroxylation is 2. The molecule has 5 aromatic rings. The molecule has 1 aliphatic rings. The topological polar surface area (TPSA) is 12.9 Å². The van der Waals surface area contributed by atoms with Crippen LogP contribution in [-0.2, 0) is 19.3 Å². The zero-order valence-corrected chi connectivity index (χ0v) is 16.5. The zero-order chi connectivity index (χ0) is 19.2. The normalized spacial score (nSPS) is 13.8. The van der Waals surface area contributed by atoms with Gasteiger partial charge in [-0.1, -0.05) is 72.8 Å². The van der Waals surface area contributed by atoms with Crippen LogP contribution in [0.15, 0.2) is 78.9 Å².